The average Bonchev–Trinajstić information content (AvgIpc) is 2.66. The van der Waals surface area contributed by atoms with Crippen molar-refractivity contribution in [3.8, 4) is 0 Å². The Balaban J connectivity index is 1.95. The van der Waals surface area contributed by atoms with E-state index in [1.54, 1.807) is 0 Å². The maximum atomic E-state index is 11.0. The van der Waals surface area contributed by atoms with Crippen molar-refractivity contribution in [1.29, 1.82) is 0 Å². The van der Waals surface area contributed by atoms with Gasteiger partial charge in [-0.2, -0.15) is 0 Å². The minimum absolute atomic E-state index is 0.154. The van der Waals surface area contributed by atoms with Crippen molar-refractivity contribution < 1.29 is 19.2 Å². The Morgan fingerprint density at radius 1 is 1.26 bits per heavy atom. The predicted molar refractivity (Wildman–Crippen MR) is 89.0 cm³/mol. The highest BCUT2D eigenvalue weighted by atomic mass is 16.7. The van der Waals surface area contributed by atoms with Crippen LogP contribution in [0.3, 0.4) is 0 Å². The number of carbonyl (C=O) groups is 1. The normalized spacial score (nSPS) is 25.0. The lowest BCUT2D eigenvalue weighted by Gasteiger charge is -2.32. The second-order valence-electron chi connectivity index (χ2n) is 7.40. The van der Waals surface area contributed by atoms with Crippen LogP contribution in [0.25, 0.3) is 0 Å². The van der Waals surface area contributed by atoms with Crippen LogP contribution in [0, 0.1) is 0 Å². The lowest BCUT2D eigenvalue weighted by molar-refractivity contribution is 0.00578. The van der Waals surface area contributed by atoms with E-state index < -0.39 is 13.2 Å². The fourth-order valence-corrected chi connectivity index (χ4v) is 3.37. The molecule has 0 radical (unpaired) electrons. The summed E-state index contributed by atoms with van der Waals surface area (Å²) < 4.78 is 12.3. The van der Waals surface area contributed by atoms with Crippen LogP contribution in [0.5, 0.6) is 0 Å². The number of rotatable bonds is 2. The highest BCUT2D eigenvalue weighted by molar-refractivity contribution is 6.62. The zero-order valence-corrected chi connectivity index (χ0v) is 14.2. The van der Waals surface area contributed by atoms with Gasteiger partial charge in [-0.25, -0.2) is 4.79 Å². The molecule has 6 heteroatoms. The van der Waals surface area contributed by atoms with E-state index in [1.165, 1.54) is 0 Å². The third-order valence-corrected chi connectivity index (χ3v) is 5.35. The Bertz CT molecular complexity index is 613. The van der Waals surface area contributed by atoms with Crippen LogP contribution in [-0.2, 0) is 15.7 Å². The molecule has 0 aromatic heterocycles. The molecule has 1 amide bonds. The van der Waals surface area contributed by atoms with Gasteiger partial charge in [0.25, 0.3) is 0 Å². The Morgan fingerprint density at radius 3 is 2.52 bits per heavy atom. The number of hydrogen-bond acceptors (Lipinski definition) is 3. The molecule has 1 heterocycles. The van der Waals surface area contributed by atoms with Gasteiger partial charge in [-0.1, -0.05) is 18.2 Å². The first kappa shape index (κ1) is 16.3. The molecule has 5 nitrogen and oxygen atoms in total. The molecular weight excluding hydrogens is 293 g/mol. The number of benzene rings is 1. The molecule has 1 aliphatic carbocycles. The quantitative estimate of drug-likeness (QED) is 0.823. The number of amides is 1. The summed E-state index contributed by atoms with van der Waals surface area (Å²) in [4.78, 5) is 11.0. The first-order valence-electron chi connectivity index (χ1n) is 8.18. The van der Waals surface area contributed by atoms with Crippen LogP contribution < -0.4 is 10.8 Å². The van der Waals surface area contributed by atoms with Gasteiger partial charge in [-0.15, -0.1) is 0 Å². The molecular formula is C17H24BNO4. The van der Waals surface area contributed by atoms with Gasteiger partial charge in [0.05, 0.1) is 17.2 Å². The van der Waals surface area contributed by atoms with E-state index in [0.29, 0.717) is 0 Å². The maximum Gasteiger partial charge on any atom is 0.495 e. The van der Waals surface area contributed by atoms with Gasteiger partial charge in [-0.3, -0.25) is 0 Å². The van der Waals surface area contributed by atoms with Crippen LogP contribution in [0.1, 0.15) is 57.7 Å². The van der Waals surface area contributed by atoms with E-state index in [-0.39, 0.29) is 17.2 Å². The molecule has 2 N–H and O–H groups in total. The van der Waals surface area contributed by atoms with Gasteiger partial charge in [0.2, 0.25) is 0 Å². The highest BCUT2D eigenvalue weighted by Gasteiger charge is 2.52. The first-order chi connectivity index (χ1) is 10.7. The molecule has 1 aromatic carbocycles. The van der Waals surface area contributed by atoms with Crippen LogP contribution >= 0.6 is 0 Å². The van der Waals surface area contributed by atoms with Crippen molar-refractivity contribution in [3.63, 3.8) is 0 Å². The molecule has 0 saturated carbocycles. The Hall–Kier alpha value is -1.53. The summed E-state index contributed by atoms with van der Waals surface area (Å²) in [5.41, 5.74) is 2.47. The smallest absolute Gasteiger partial charge is 0.465 e. The first-order valence-corrected chi connectivity index (χ1v) is 8.18. The SMILES string of the molecule is CC1(C)OB(c2cccc3c2CCCC3NC(=O)O)OC1(C)C. The Labute approximate surface area is 137 Å². The van der Waals surface area contributed by atoms with Crippen LogP contribution in [0.15, 0.2) is 18.2 Å². The van der Waals surface area contributed by atoms with Gasteiger partial charge in [-0.05, 0) is 63.5 Å². The standard InChI is InChI=1S/C17H24BNO4/c1-16(2)17(3,4)23-18(22-16)13-9-5-8-12-11(13)7-6-10-14(12)19-15(20)21/h5,8-9,14,19H,6-7,10H2,1-4H3,(H,20,21). The average molecular weight is 317 g/mol. The number of hydrogen-bond donors (Lipinski definition) is 2. The number of carboxylic acid groups (broad SMARTS) is 1. The van der Waals surface area contributed by atoms with Crippen LogP contribution in [-0.4, -0.2) is 29.5 Å². The minimum Gasteiger partial charge on any atom is -0.465 e. The molecule has 0 bridgehead atoms. The largest absolute Gasteiger partial charge is 0.495 e. The molecule has 1 atom stereocenters. The van der Waals surface area contributed by atoms with Crippen molar-refractivity contribution >= 4 is 18.7 Å². The van der Waals surface area contributed by atoms with E-state index in [9.17, 15) is 4.79 Å². The van der Waals surface area contributed by atoms with Crippen molar-refractivity contribution in [2.45, 2.75) is 64.2 Å². The summed E-state index contributed by atoms with van der Waals surface area (Å²) in [7, 11) is -0.404. The van der Waals surface area contributed by atoms with Crippen LogP contribution in [0.4, 0.5) is 4.79 Å². The third kappa shape index (κ3) is 2.86. The van der Waals surface area contributed by atoms with E-state index in [2.05, 4.69) is 5.32 Å². The molecule has 1 fully saturated rings. The molecule has 23 heavy (non-hydrogen) atoms. The molecule has 1 saturated heterocycles. The lowest BCUT2D eigenvalue weighted by atomic mass is 9.71. The summed E-state index contributed by atoms with van der Waals surface area (Å²) in [6.07, 6.45) is 1.72. The van der Waals surface area contributed by atoms with Gasteiger partial charge < -0.3 is 19.7 Å². The second kappa shape index (κ2) is 5.53. The molecule has 3 rings (SSSR count). The monoisotopic (exact) mass is 317 g/mol. The summed E-state index contributed by atoms with van der Waals surface area (Å²) in [5.74, 6) is 0. The molecule has 2 aliphatic rings. The maximum absolute atomic E-state index is 11.0. The summed E-state index contributed by atoms with van der Waals surface area (Å²) >= 11 is 0. The van der Waals surface area contributed by atoms with E-state index >= 15 is 0 Å². The second-order valence-corrected chi connectivity index (χ2v) is 7.40. The van der Waals surface area contributed by atoms with E-state index in [0.717, 1.165) is 35.9 Å². The van der Waals surface area contributed by atoms with Gasteiger partial charge >= 0.3 is 13.2 Å². The van der Waals surface area contributed by atoms with Crippen molar-refractivity contribution in [3.05, 3.63) is 29.3 Å². The van der Waals surface area contributed by atoms with E-state index in [4.69, 9.17) is 14.4 Å². The molecule has 0 spiro atoms. The Kier molecular flexibility index (Phi) is 3.93. The molecule has 1 aliphatic heterocycles. The molecule has 1 aromatic rings. The topological polar surface area (TPSA) is 67.8 Å². The minimum atomic E-state index is -0.983. The van der Waals surface area contributed by atoms with E-state index in [1.807, 2.05) is 45.9 Å². The molecule has 124 valence electrons. The fourth-order valence-electron chi connectivity index (χ4n) is 3.37. The van der Waals surface area contributed by atoms with Crippen molar-refractivity contribution in [2.24, 2.45) is 0 Å². The zero-order chi connectivity index (χ0) is 16.8. The van der Waals surface area contributed by atoms with Gasteiger partial charge in [0.1, 0.15) is 0 Å². The fraction of sp³-hybridized carbons (Fsp3) is 0.588. The zero-order valence-electron chi connectivity index (χ0n) is 14.2. The number of fused-ring (bicyclic) bond motifs is 1. The van der Waals surface area contributed by atoms with Crippen LogP contribution in [0.2, 0.25) is 0 Å². The number of nitrogens with one attached hydrogen (secondary N) is 1. The summed E-state index contributed by atoms with van der Waals surface area (Å²) in [6, 6.07) is 5.84. The van der Waals surface area contributed by atoms with Gasteiger partial charge in [0.15, 0.2) is 0 Å². The third-order valence-electron chi connectivity index (χ3n) is 5.35. The van der Waals surface area contributed by atoms with Gasteiger partial charge in [0, 0.05) is 0 Å². The molecule has 1 unspecified atom stereocenters. The van der Waals surface area contributed by atoms with Crippen molar-refractivity contribution in [1.82, 2.24) is 5.32 Å². The Morgan fingerprint density at radius 2 is 1.91 bits per heavy atom. The summed E-state index contributed by atoms with van der Waals surface area (Å²) in [6.45, 7) is 8.16. The van der Waals surface area contributed by atoms with Crippen molar-refractivity contribution in [2.75, 3.05) is 0 Å². The summed E-state index contributed by atoms with van der Waals surface area (Å²) in [5, 5.41) is 11.7. The highest BCUT2D eigenvalue weighted by Crippen LogP contribution is 2.37. The lowest BCUT2D eigenvalue weighted by Crippen LogP contribution is -2.41. The predicted octanol–water partition coefficient (Wildman–Crippen LogP) is 2.63.